The van der Waals surface area contributed by atoms with E-state index in [2.05, 4.69) is 36.6 Å². The lowest BCUT2D eigenvalue weighted by atomic mass is 9.91. The second-order valence-corrected chi connectivity index (χ2v) is 7.16. The van der Waals surface area contributed by atoms with Gasteiger partial charge in [0.1, 0.15) is 5.60 Å². The van der Waals surface area contributed by atoms with Crippen LogP contribution in [-0.2, 0) is 4.74 Å². The minimum Gasteiger partial charge on any atom is -0.444 e. The summed E-state index contributed by atoms with van der Waals surface area (Å²) in [6.45, 7) is 11.8. The van der Waals surface area contributed by atoms with Crippen molar-refractivity contribution in [1.29, 1.82) is 0 Å². The fourth-order valence-corrected chi connectivity index (χ4v) is 2.02. The number of carbonyl (C=O) groups is 1. The van der Waals surface area contributed by atoms with Crippen molar-refractivity contribution in [3.8, 4) is 0 Å². The van der Waals surface area contributed by atoms with Crippen molar-refractivity contribution in [2.45, 2.75) is 47.1 Å². The second-order valence-electron chi connectivity index (χ2n) is 7.16. The Bertz CT molecular complexity index is 679. The molecule has 1 N–H and O–H groups in total. The van der Waals surface area contributed by atoms with Gasteiger partial charge in [-0.15, -0.1) is 0 Å². The standard InChI is InChI=1S/C16H22N3O2/c1-15(2,3)13-11-9-10(7-8-12(11)18-19-13)17-14(20)21-16(4,5)6/h7-9H,1-6H3,(H,17,20). The molecule has 1 amide bonds. The SMILES string of the molecule is CC(C)(C)OC(=O)Nc1ccc2c(c1)=C(C(C)(C)C)[N]N=2. The number of nitrogens with one attached hydrogen (secondary N) is 1. The Balaban J connectivity index is 2.31. The quantitative estimate of drug-likeness (QED) is 0.862. The van der Waals surface area contributed by atoms with E-state index in [1.165, 1.54) is 0 Å². The molecular formula is C16H22N3O2. The molecule has 1 aliphatic rings. The molecule has 0 saturated heterocycles. The van der Waals surface area contributed by atoms with Crippen molar-refractivity contribution < 1.29 is 9.53 Å². The van der Waals surface area contributed by atoms with E-state index in [0.717, 1.165) is 16.3 Å². The Kier molecular flexibility index (Phi) is 3.70. The number of fused-ring (bicyclic) bond motifs is 1. The Morgan fingerprint density at radius 1 is 1.14 bits per heavy atom. The zero-order valence-corrected chi connectivity index (χ0v) is 13.4. The first kappa shape index (κ1) is 15.4. The van der Waals surface area contributed by atoms with E-state index in [9.17, 15) is 4.79 Å². The van der Waals surface area contributed by atoms with Gasteiger partial charge in [0.15, 0.2) is 0 Å². The summed E-state index contributed by atoms with van der Waals surface area (Å²) in [5, 5.41) is 8.70. The van der Waals surface area contributed by atoms with Crippen LogP contribution in [0.2, 0.25) is 0 Å². The Morgan fingerprint density at radius 3 is 2.38 bits per heavy atom. The molecule has 0 fully saturated rings. The van der Waals surface area contributed by atoms with E-state index in [-0.39, 0.29) is 5.41 Å². The molecule has 0 atom stereocenters. The maximum Gasteiger partial charge on any atom is 0.412 e. The molecular weight excluding hydrogens is 266 g/mol. The average molecular weight is 288 g/mol. The lowest BCUT2D eigenvalue weighted by Crippen LogP contribution is -2.30. The molecule has 1 radical (unpaired) electrons. The highest BCUT2D eigenvalue weighted by molar-refractivity contribution is 5.84. The van der Waals surface area contributed by atoms with E-state index in [1.807, 2.05) is 32.9 Å². The highest BCUT2D eigenvalue weighted by Crippen LogP contribution is 2.24. The summed E-state index contributed by atoms with van der Waals surface area (Å²) in [6, 6.07) is 5.54. The number of amides is 1. The molecule has 5 nitrogen and oxygen atoms in total. The third-order valence-electron chi connectivity index (χ3n) is 2.87. The summed E-state index contributed by atoms with van der Waals surface area (Å²) in [5.74, 6) is 0. The van der Waals surface area contributed by atoms with Gasteiger partial charge in [-0.2, -0.15) is 10.5 Å². The third-order valence-corrected chi connectivity index (χ3v) is 2.87. The lowest BCUT2D eigenvalue weighted by Gasteiger charge is -2.20. The molecule has 0 aromatic heterocycles. The van der Waals surface area contributed by atoms with Gasteiger partial charge in [-0.25, -0.2) is 4.79 Å². The van der Waals surface area contributed by atoms with Crippen LogP contribution in [0.1, 0.15) is 41.5 Å². The normalized spacial score (nSPS) is 14.1. The zero-order valence-electron chi connectivity index (χ0n) is 13.4. The lowest BCUT2D eigenvalue weighted by molar-refractivity contribution is 0.0636. The van der Waals surface area contributed by atoms with Crippen molar-refractivity contribution in [3.05, 3.63) is 28.8 Å². The van der Waals surface area contributed by atoms with Crippen LogP contribution in [0, 0.1) is 5.41 Å². The second kappa shape index (κ2) is 5.06. The molecule has 113 valence electrons. The maximum atomic E-state index is 11.8. The van der Waals surface area contributed by atoms with E-state index in [0.29, 0.717) is 5.69 Å². The summed E-state index contributed by atoms with van der Waals surface area (Å²) in [6.07, 6.45) is -0.466. The number of benzene rings is 1. The number of carbonyl (C=O) groups excluding carboxylic acids is 1. The van der Waals surface area contributed by atoms with Crippen LogP contribution < -0.4 is 21.3 Å². The molecule has 0 unspecified atom stereocenters. The molecule has 0 spiro atoms. The molecule has 1 aromatic rings. The Labute approximate surface area is 125 Å². The fraction of sp³-hybridized carbons (Fsp3) is 0.500. The van der Waals surface area contributed by atoms with Crippen LogP contribution in [0.3, 0.4) is 0 Å². The van der Waals surface area contributed by atoms with E-state index >= 15 is 0 Å². The van der Waals surface area contributed by atoms with Crippen LogP contribution in [0.25, 0.3) is 5.70 Å². The first-order valence-electron chi connectivity index (χ1n) is 7.00. The first-order valence-corrected chi connectivity index (χ1v) is 7.00. The molecule has 1 aliphatic heterocycles. The monoisotopic (exact) mass is 288 g/mol. The van der Waals surface area contributed by atoms with Crippen molar-refractivity contribution >= 4 is 17.5 Å². The highest BCUT2D eigenvalue weighted by Gasteiger charge is 2.23. The molecule has 5 heteroatoms. The molecule has 1 heterocycles. The predicted molar refractivity (Wildman–Crippen MR) is 82.1 cm³/mol. The summed E-state index contributed by atoms with van der Waals surface area (Å²) < 4.78 is 5.25. The van der Waals surface area contributed by atoms with Crippen LogP contribution in [-0.4, -0.2) is 11.7 Å². The number of hydrogen-bond donors (Lipinski definition) is 1. The van der Waals surface area contributed by atoms with Crippen molar-refractivity contribution in [2.75, 3.05) is 5.32 Å². The molecule has 0 saturated carbocycles. The van der Waals surface area contributed by atoms with Gasteiger partial charge in [0.25, 0.3) is 0 Å². The predicted octanol–water partition coefficient (Wildman–Crippen LogP) is 2.34. The van der Waals surface area contributed by atoms with Gasteiger partial charge in [-0.05, 0) is 39.0 Å². The number of rotatable bonds is 1. The van der Waals surface area contributed by atoms with Gasteiger partial charge < -0.3 is 4.74 Å². The number of anilines is 1. The Morgan fingerprint density at radius 2 is 1.81 bits per heavy atom. The van der Waals surface area contributed by atoms with Gasteiger partial charge in [0.05, 0.1) is 11.1 Å². The van der Waals surface area contributed by atoms with Gasteiger partial charge in [-0.1, -0.05) is 20.8 Å². The maximum absolute atomic E-state index is 11.8. The number of nitrogens with zero attached hydrogens (tertiary/aromatic N) is 2. The van der Waals surface area contributed by atoms with Crippen molar-refractivity contribution in [1.82, 2.24) is 5.43 Å². The van der Waals surface area contributed by atoms with Gasteiger partial charge in [-0.3, -0.25) is 5.32 Å². The van der Waals surface area contributed by atoms with Crippen LogP contribution in [0.5, 0.6) is 0 Å². The van der Waals surface area contributed by atoms with Gasteiger partial charge in [0, 0.05) is 16.3 Å². The van der Waals surface area contributed by atoms with Crippen molar-refractivity contribution in [3.63, 3.8) is 0 Å². The van der Waals surface area contributed by atoms with E-state index in [4.69, 9.17) is 4.74 Å². The van der Waals surface area contributed by atoms with E-state index < -0.39 is 11.7 Å². The fourth-order valence-electron chi connectivity index (χ4n) is 2.02. The smallest absolute Gasteiger partial charge is 0.412 e. The number of hydrogen-bond acceptors (Lipinski definition) is 3. The summed E-state index contributed by atoms with van der Waals surface area (Å²) in [7, 11) is 0. The summed E-state index contributed by atoms with van der Waals surface area (Å²) in [4.78, 5) is 11.8. The zero-order chi connectivity index (χ0) is 15.8. The van der Waals surface area contributed by atoms with Gasteiger partial charge >= 0.3 is 6.09 Å². The Hall–Kier alpha value is -2.04. The van der Waals surface area contributed by atoms with Crippen LogP contribution in [0.15, 0.2) is 23.3 Å². The highest BCUT2D eigenvalue weighted by atomic mass is 16.6. The molecule has 21 heavy (non-hydrogen) atoms. The summed E-state index contributed by atoms with van der Waals surface area (Å²) >= 11 is 0. The average Bonchev–Trinajstić information content (AvgIpc) is 2.68. The minimum atomic E-state index is -0.520. The molecule has 2 rings (SSSR count). The topological polar surface area (TPSA) is 64.8 Å². The van der Waals surface area contributed by atoms with Gasteiger partial charge in [0.2, 0.25) is 0 Å². The molecule has 0 bridgehead atoms. The van der Waals surface area contributed by atoms with Crippen LogP contribution >= 0.6 is 0 Å². The molecule has 0 aliphatic carbocycles. The first-order chi connectivity index (χ1) is 9.56. The summed E-state index contributed by atoms with van der Waals surface area (Å²) in [5.41, 5.74) is 5.23. The van der Waals surface area contributed by atoms with Crippen LogP contribution in [0.4, 0.5) is 10.5 Å². The molecule has 1 aromatic carbocycles. The van der Waals surface area contributed by atoms with E-state index in [1.54, 1.807) is 6.07 Å². The van der Waals surface area contributed by atoms with Crippen molar-refractivity contribution in [2.24, 2.45) is 10.5 Å². The minimum absolute atomic E-state index is 0.0979. The largest absolute Gasteiger partial charge is 0.444 e. The number of ether oxygens (including phenoxy) is 1. The third kappa shape index (κ3) is 3.74.